The fourth-order valence-corrected chi connectivity index (χ4v) is 0.354. The molecule has 0 radical (unpaired) electrons. The number of nitrogen functional groups attached to an aromatic ring is 1. The van der Waals surface area contributed by atoms with Crippen LogP contribution in [0.4, 0.5) is 5.69 Å². The van der Waals surface area contributed by atoms with E-state index in [0.29, 0.717) is 0 Å². The zero-order valence-corrected chi connectivity index (χ0v) is 3.96. The number of anilines is 1. The Morgan fingerprint density at radius 3 is 2.25 bits per heavy atom. The molecule has 0 saturated heterocycles. The van der Waals surface area contributed by atoms with Crippen LogP contribution in [0.5, 0.6) is 11.7 Å². The summed E-state index contributed by atoms with van der Waals surface area (Å²) in [5.41, 5.74) is 5.08. The van der Waals surface area contributed by atoms with Gasteiger partial charge in [0.15, 0.2) is 0 Å². The van der Waals surface area contributed by atoms with Gasteiger partial charge in [0.2, 0.25) is 5.75 Å². The number of hydrogen-bond donors (Lipinski definition) is 3. The second-order valence-electron chi connectivity index (χ2n) is 1.34. The van der Waals surface area contributed by atoms with Crippen molar-refractivity contribution in [3.8, 4) is 11.7 Å². The first-order valence-corrected chi connectivity index (χ1v) is 1.96. The van der Waals surface area contributed by atoms with E-state index in [1.807, 2.05) is 0 Å². The zero-order valence-electron chi connectivity index (χ0n) is 3.96. The Morgan fingerprint density at radius 1 is 1.50 bits per heavy atom. The molecule has 0 unspecified atom stereocenters. The van der Waals surface area contributed by atoms with Crippen LogP contribution in [0.1, 0.15) is 0 Å². The molecule has 8 heavy (non-hydrogen) atoms. The van der Waals surface area contributed by atoms with Crippen LogP contribution in [-0.4, -0.2) is 10.2 Å². The molecular weight excluding hydrogens is 110 g/mol. The van der Waals surface area contributed by atoms with Gasteiger partial charge in [0.05, 0.1) is 0 Å². The maximum Gasteiger partial charge on any atom is 0.328 e. The highest BCUT2D eigenvalue weighted by Gasteiger charge is 2.05. The van der Waals surface area contributed by atoms with Gasteiger partial charge >= 0.3 is 5.95 Å². The molecule has 0 saturated carbocycles. The molecule has 0 bridgehead atoms. The van der Waals surface area contributed by atoms with Crippen molar-refractivity contribution in [1.82, 2.24) is 0 Å². The molecular formula is C4H5NO3. The minimum absolute atomic E-state index is 0.0440. The second kappa shape index (κ2) is 1.33. The molecule has 1 aromatic rings. The third kappa shape index (κ3) is 0.465. The van der Waals surface area contributed by atoms with Crippen LogP contribution in [0.25, 0.3) is 0 Å². The van der Waals surface area contributed by atoms with Gasteiger partial charge in [-0.15, -0.1) is 0 Å². The van der Waals surface area contributed by atoms with Crippen LogP contribution in [0, 0.1) is 0 Å². The molecule has 0 aliphatic rings. The van der Waals surface area contributed by atoms with Crippen molar-refractivity contribution >= 4 is 5.69 Å². The van der Waals surface area contributed by atoms with E-state index in [9.17, 15) is 0 Å². The Morgan fingerprint density at radius 2 is 2.12 bits per heavy atom. The molecule has 4 nitrogen and oxygen atoms in total. The van der Waals surface area contributed by atoms with E-state index in [2.05, 4.69) is 4.42 Å². The highest BCUT2D eigenvalue weighted by atomic mass is 16.5. The summed E-state index contributed by atoms with van der Waals surface area (Å²) in [6.07, 6.45) is 1.06. The molecule has 1 rings (SSSR count). The molecule has 0 atom stereocenters. The summed E-state index contributed by atoms with van der Waals surface area (Å²) in [6, 6.07) is 0. The van der Waals surface area contributed by atoms with E-state index in [4.69, 9.17) is 15.9 Å². The predicted octanol–water partition coefficient (Wildman–Crippen LogP) is 0.273. The van der Waals surface area contributed by atoms with Gasteiger partial charge in [0, 0.05) is 0 Å². The lowest BCUT2D eigenvalue weighted by molar-refractivity contribution is 0.306. The van der Waals surface area contributed by atoms with E-state index in [-0.39, 0.29) is 5.69 Å². The molecule has 0 aliphatic carbocycles. The molecule has 0 spiro atoms. The van der Waals surface area contributed by atoms with Crippen molar-refractivity contribution < 1.29 is 14.6 Å². The van der Waals surface area contributed by atoms with Crippen LogP contribution < -0.4 is 5.73 Å². The maximum absolute atomic E-state index is 8.58. The van der Waals surface area contributed by atoms with Crippen molar-refractivity contribution in [3.05, 3.63) is 6.26 Å². The third-order valence-corrected chi connectivity index (χ3v) is 0.774. The van der Waals surface area contributed by atoms with E-state index >= 15 is 0 Å². The average Bonchev–Trinajstić information content (AvgIpc) is 1.98. The molecule has 0 amide bonds. The van der Waals surface area contributed by atoms with Gasteiger partial charge in [-0.05, 0) is 0 Å². The summed E-state index contributed by atoms with van der Waals surface area (Å²) in [5, 5.41) is 17.0. The number of nitrogens with two attached hydrogens (primary N) is 1. The lowest BCUT2D eigenvalue weighted by Crippen LogP contribution is -1.77. The standard InChI is InChI=1S/C4H5NO3/c5-2-1-8-4(7)3(2)6/h1,6-7H,5H2. The molecule has 0 fully saturated rings. The SMILES string of the molecule is Nc1coc(O)c1O. The summed E-state index contributed by atoms with van der Waals surface area (Å²) < 4.78 is 4.28. The molecule has 0 aromatic carbocycles. The van der Waals surface area contributed by atoms with Gasteiger partial charge in [-0.2, -0.15) is 0 Å². The van der Waals surface area contributed by atoms with E-state index < -0.39 is 11.7 Å². The van der Waals surface area contributed by atoms with E-state index in [1.54, 1.807) is 0 Å². The normalized spacial score (nSPS) is 9.50. The molecule has 4 N–H and O–H groups in total. The van der Waals surface area contributed by atoms with Gasteiger partial charge < -0.3 is 20.4 Å². The van der Waals surface area contributed by atoms with E-state index in [1.165, 1.54) is 0 Å². The summed E-state index contributed by atoms with van der Waals surface area (Å²) in [6.45, 7) is 0. The Labute approximate surface area is 45.2 Å². The van der Waals surface area contributed by atoms with Crippen molar-refractivity contribution in [1.29, 1.82) is 0 Å². The first-order chi connectivity index (χ1) is 3.72. The third-order valence-electron chi connectivity index (χ3n) is 0.774. The summed E-state index contributed by atoms with van der Waals surface area (Å²) in [4.78, 5) is 0. The molecule has 1 heterocycles. The maximum atomic E-state index is 8.58. The van der Waals surface area contributed by atoms with Crippen LogP contribution in [0.2, 0.25) is 0 Å². The highest BCUT2D eigenvalue weighted by molar-refractivity contribution is 5.53. The summed E-state index contributed by atoms with van der Waals surface area (Å²) >= 11 is 0. The smallest absolute Gasteiger partial charge is 0.328 e. The first kappa shape index (κ1) is 4.83. The van der Waals surface area contributed by atoms with Crippen LogP contribution in [0.15, 0.2) is 10.7 Å². The lowest BCUT2D eigenvalue weighted by atomic mass is 10.5. The van der Waals surface area contributed by atoms with Gasteiger partial charge in [-0.3, -0.25) is 0 Å². The predicted molar refractivity (Wildman–Crippen MR) is 26.4 cm³/mol. The van der Waals surface area contributed by atoms with Gasteiger partial charge in [-0.1, -0.05) is 0 Å². The Hall–Kier alpha value is -1.32. The molecule has 0 aliphatic heterocycles. The Balaban J connectivity index is 3.19. The van der Waals surface area contributed by atoms with Crippen LogP contribution in [0.3, 0.4) is 0 Å². The zero-order chi connectivity index (χ0) is 6.15. The lowest BCUT2D eigenvalue weighted by Gasteiger charge is -1.82. The van der Waals surface area contributed by atoms with E-state index in [0.717, 1.165) is 6.26 Å². The summed E-state index contributed by atoms with van der Waals surface area (Å²) in [7, 11) is 0. The topological polar surface area (TPSA) is 79.6 Å². The monoisotopic (exact) mass is 115 g/mol. The molecule has 4 heteroatoms. The van der Waals surface area contributed by atoms with Gasteiger partial charge in [0.1, 0.15) is 12.0 Å². The number of furan rings is 1. The first-order valence-electron chi connectivity index (χ1n) is 1.96. The quantitative estimate of drug-likeness (QED) is 0.453. The van der Waals surface area contributed by atoms with Crippen LogP contribution >= 0.6 is 0 Å². The van der Waals surface area contributed by atoms with Crippen molar-refractivity contribution in [2.45, 2.75) is 0 Å². The fraction of sp³-hybridized carbons (Fsp3) is 0. The average molecular weight is 115 g/mol. The van der Waals surface area contributed by atoms with Crippen LogP contribution in [-0.2, 0) is 0 Å². The fourth-order valence-electron chi connectivity index (χ4n) is 0.354. The highest BCUT2D eigenvalue weighted by Crippen LogP contribution is 2.32. The second-order valence-corrected chi connectivity index (χ2v) is 1.34. The van der Waals surface area contributed by atoms with Crippen molar-refractivity contribution in [3.63, 3.8) is 0 Å². The molecule has 1 aromatic heterocycles. The number of hydrogen-bond acceptors (Lipinski definition) is 4. The number of rotatable bonds is 0. The largest absolute Gasteiger partial charge is 0.500 e. The minimum atomic E-state index is -0.539. The number of aromatic hydroxyl groups is 2. The molecule has 44 valence electrons. The minimum Gasteiger partial charge on any atom is -0.500 e. The Bertz CT molecular complexity index is 174. The Kier molecular flexibility index (Phi) is 0.802. The van der Waals surface area contributed by atoms with Crippen molar-refractivity contribution in [2.24, 2.45) is 0 Å². The van der Waals surface area contributed by atoms with Gasteiger partial charge in [0.25, 0.3) is 0 Å². The van der Waals surface area contributed by atoms with Gasteiger partial charge in [-0.25, -0.2) is 0 Å². The summed E-state index contributed by atoms with van der Waals surface area (Å²) in [5.74, 6) is -0.938. The van der Waals surface area contributed by atoms with Crippen molar-refractivity contribution in [2.75, 3.05) is 5.73 Å².